The van der Waals surface area contributed by atoms with Gasteiger partial charge in [0.25, 0.3) is 0 Å². The van der Waals surface area contributed by atoms with Crippen molar-refractivity contribution in [3.63, 3.8) is 0 Å². The third-order valence-electron chi connectivity index (χ3n) is 4.37. The summed E-state index contributed by atoms with van der Waals surface area (Å²) < 4.78 is 11.5. The fourth-order valence-electron chi connectivity index (χ4n) is 3.03. The van der Waals surface area contributed by atoms with Crippen molar-refractivity contribution < 1.29 is 9.47 Å². The van der Waals surface area contributed by atoms with Gasteiger partial charge in [-0.3, -0.25) is 5.10 Å². The van der Waals surface area contributed by atoms with E-state index in [0.717, 1.165) is 28.3 Å². The molecule has 4 aromatic rings. The average molecular weight is 426 g/mol. The number of halogens is 2. The van der Waals surface area contributed by atoms with Gasteiger partial charge < -0.3 is 9.47 Å². The highest BCUT2D eigenvalue weighted by atomic mass is 35.5. The van der Waals surface area contributed by atoms with Crippen molar-refractivity contribution in [2.24, 2.45) is 0 Å². The second kappa shape index (κ2) is 8.55. The van der Waals surface area contributed by atoms with Gasteiger partial charge in [0.15, 0.2) is 5.75 Å². The van der Waals surface area contributed by atoms with Gasteiger partial charge in [0, 0.05) is 12.0 Å². The van der Waals surface area contributed by atoms with Crippen LogP contribution in [0.4, 0.5) is 0 Å². The molecule has 0 saturated heterocycles. The third-order valence-corrected chi connectivity index (χ3v) is 4.93. The Bertz CT molecular complexity index is 1090. The molecule has 0 aliphatic rings. The first-order valence-electron chi connectivity index (χ1n) is 8.87. The van der Waals surface area contributed by atoms with Crippen LogP contribution in [0.2, 0.25) is 10.0 Å². The second-order valence-electron chi connectivity index (χ2n) is 6.33. The summed E-state index contributed by atoms with van der Waals surface area (Å²) in [5.41, 5.74) is 2.85. The van der Waals surface area contributed by atoms with Gasteiger partial charge in [-0.2, -0.15) is 5.10 Å². The van der Waals surface area contributed by atoms with Crippen LogP contribution in [0.1, 0.15) is 11.4 Å². The van der Waals surface area contributed by atoms with E-state index in [-0.39, 0.29) is 0 Å². The summed E-state index contributed by atoms with van der Waals surface area (Å²) in [4.78, 5) is 4.12. The SMILES string of the molecule is COc1ccc(Oc2c(Cl)cc(Cc3ncn[nH]3)cc2Cl)cc1-c1ccccc1. The summed E-state index contributed by atoms with van der Waals surface area (Å²) in [5, 5.41) is 7.51. The fraction of sp³-hybridized carbons (Fsp3) is 0.0909. The average Bonchev–Trinajstić information content (AvgIpc) is 3.24. The molecule has 0 unspecified atom stereocenters. The van der Waals surface area contributed by atoms with Crippen molar-refractivity contribution in [3.05, 3.63) is 88.4 Å². The predicted molar refractivity (Wildman–Crippen MR) is 114 cm³/mol. The molecule has 4 rings (SSSR count). The van der Waals surface area contributed by atoms with Gasteiger partial charge in [0.05, 0.1) is 17.2 Å². The van der Waals surface area contributed by atoms with E-state index in [2.05, 4.69) is 15.2 Å². The highest BCUT2D eigenvalue weighted by Crippen LogP contribution is 2.40. The number of aromatic amines is 1. The van der Waals surface area contributed by atoms with Gasteiger partial charge in [-0.05, 0) is 41.5 Å². The zero-order valence-corrected chi connectivity index (χ0v) is 17.0. The monoisotopic (exact) mass is 425 g/mol. The van der Waals surface area contributed by atoms with Gasteiger partial charge in [0.2, 0.25) is 0 Å². The second-order valence-corrected chi connectivity index (χ2v) is 7.14. The van der Waals surface area contributed by atoms with Crippen LogP contribution in [-0.4, -0.2) is 22.3 Å². The van der Waals surface area contributed by atoms with Crippen molar-refractivity contribution in [1.82, 2.24) is 15.2 Å². The summed E-state index contributed by atoms with van der Waals surface area (Å²) in [6.07, 6.45) is 2.00. The van der Waals surface area contributed by atoms with Gasteiger partial charge in [0.1, 0.15) is 23.7 Å². The highest BCUT2D eigenvalue weighted by Gasteiger charge is 2.14. The summed E-state index contributed by atoms with van der Waals surface area (Å²) in [5.74, 6) is 2.49. The minimum Gasteiger partial charge on any atom is -0.496 e. The van der Waals surface area contributed by atoms with Crippen LogP contribution in [0.25, 0.3) is 11.1 Å². The van der Waals surface area contributed by atoms with E-state index in [1.165, 1.54) is 6.33 Å². The molecule has 1 N–H and O–H groups in total. The summed E-state index contributed by atoms with van der Waals surface area (Å²) >= 11 is 12.9. The Hall–Kier alpha value is -3.02. The maximum absolute atomic E-state index is 6.46. The quantitative estimate of drug-likeness (QED) is 0.401. The molecule has 5 nitrogen and oxygen atoms in total. The molecule has 0 spiro atoms. The van der Waals surface area contributed by atoms with Crippen molar-refractivity contribution in [2.45, 2.75) is 6.42 Å². The number of hydrogen-bond donors (Lipinski definition) is 1. The number of ether oxygens (including phenoxy) is 2. The molecular formula is C22H17Cl2N3O2. The van der Waals surface area contributed by atoms with Gasteiger partial charge >= 0.3 is 0 Å². The molecule has 0 amide bonds. The Kier molecular flexibility index (Phi) is 5.69. The Morgan fingerprint density at radius 3 is 2.38 bits per heavy atom. The number of hydrogen-bond acceptors (Lipinski definition) is 4. The molecule has 0 aliphatic heterocycles. The van der Waals surface area contributed by atoms with Crippen molar-refractivity contribution in [3.8, 4) is 28.4 Å². The van der Waals surface area contributed by atoms with Crippen LogP contribution in [0, 0.1) is 0 Å². The maximum atomic E-state index is 6.46. The standard InChI is InChI=1S/C22H17Cl2N3O2/c1-28-20-8-7-16(12-17(20)15-5-3-2-4-6-15)29-22-18(23)9-14(10-19(22)24)11-21-25-13-26-27-21/h2-10,12-13H,11H2,1H3,(H,25,26,27). The molecule has 3 aromatic carbocycles. The number of benzene rings is 3. The number of H-pyrrole nitrogens is 1. The molecule has 0 bridgehead atoms. The Labute approximate surface area is 178 Å². The number of nitrogens with zero attached hydrogens (tertiary/aromatic N) is 2. The van der Waals surface area contributed by atoms with Gasteiger partial charge in [-0.1, -0.05) is 53.5 Å². The van der Waals surface area contributed by atoms with Gasteiger partial charge in [-0.15, -0.1) is 0 Å². The zero-order chi connectivity index (χ0) is 20.2. The molecule has 0 atom stereocenters. The Morgan fingerprint density at radius 1 is 0.966 bits per heavy atom. The smallest absolute Gasteiger partial charge is 0.164 e. The first-order valence-corrected chi connectivity index (χ1v) is 9.63. The molecule has 0 aliphatic carbocycles. The van der Waals surface area contributed by atoms with Crippen LogP contribution in [-0.2, 0) is 6.42 Å². The number of nitrogens with one attached hydrogen (secondary N) is 1. The Balaban J connectivity index is 1.64. The summed E-state index contributed by atoms with van der Waals surface area (Å²) in [6, 6.07) is 19.2. The van der Waals surface area contributed by atoms with E-state index in [4.69, 9.17) is 32.7 Å². The number of methoxy groups -OCH3 is 1. The van der Waals surface area contributed by atoms with Gasteiger partial charge in [-0.25, -0.2) is 4.98 Å². The predicted octanol–water partition coefficient (Wildman–Crippen LogP) is 6.17. The minimum atomic E-state index is 0.402. The highest BCUT2D eigenvalue weighted by molar-refractivity contribution is 6.37. The lowest BCUT2D eigenvalue weighted by atomic mass is 10.0. The molecular weight excluding hydrogens is 409 g/mol. The molecule has 7 heteroatoms. The molecule has 0 fully saturated rings. The van der Waals surface area contributed by atoms with E-state index in [1.807, 2.05) is 60.7 Å². The number of rotatable bonds is 6. The zero-order valence-electron chi connectivity index (χ0n) is 15.5. The maximum Gasteiger partial charge on any atom is 0.164 e. The van der Waals surface area contributed by atoms with Crippen LogP contribution in [0.15, 0.2) is 67.0 Å². The van der Waals surface area contributed by atoms with Crippen molar-refractivity contribution >= 4 is 23.2 Å². The van der Waals surface area contributed by atoms with Crippen molar-refractivity contribution in [2.75, 3.05) is 7.11 Å². The van der Waals surface area contributed by atoms with E-state index in [9.17, 15) is 0 Å². The first-order chi connectivity index (χ1) is 14.1. The molecule has 1 aromatic heterocycles. The van der Waals surface area contributed by atoms with E-state index in [1.54, 1.807) is 7.11 Å². The normalized spacial score (nSPS) is 10.7. The van der Waals surface area contributed by atoms with E-state index >= 15 is 0 Å². The molecule has 0 saturated carbocycles. The van der Waals surface area contributed by atoms with Crippen LogP contribution < -0.4 is 9.47 Å². The topological polar surface area (TPSA) is 60.0 Å². The summed E-state index contributed by atoms with van der Waals surface area (Å²) in [7, 11) is 1.64. The van der Waals surface area contributed by atoms with E-state index < -0.39 is 0 Å². The number of aromatic nitrogens is 3. The fourth-order valence-corrected chi connectivity index (χ4v) is 3.64. The first kappa shape index (κ1) is 19.3. The lowest BCUT2D eigenvalue weighted by Gasteiger charge is -2.14. The third kappa shape index (κ3) is 4.36. The van der Waals surface area contributed by atoms with Crippen molar-refractivity contribution in [1.29, 1.82) is 0 Å². The minimum absolute atomic E-state index is 0.402. The largest absolute Gasteiger partial charge is 0.496 e. The molecule has 29 heavy (non-hydrogen) atoms. The molecule has 1 heterocycles. The van der Waals surface area contributed by atoms with Crippen LogP contribution in [0.5, 0.6) is 17.2 Å². The van der Waals surface area contributed by atoms with Crippen LogP contribution in [0.3, 0.4) is 0 Å². The lowest BCUT2D eigenvalue weighted by molar-refractivity contribution is 0.414. The lowest BCUT2D eigenvalue weighted by Crippen LogP contribution is -1.94. The summed E-state index contributed by atoms with van der Waals surface area (Å²) in [6.45, 7) is 0. The Morgan fingerprint density at radius 2 is 1.72 bits per heavy atom. The van der Waals surface area contributed by atoms with E-state index in [0.29, 0.717) is 28.0 Å². The molecule has 0 radical (unpaired) electrons. The molecule has 146 valence electrons. The van der Waals surface area contributed by atoms with Crippen LogP contribution >= 0.6 is 23.2 Å².